The van der Waals surface area contributed by atoms with Gasteiger partial charge in [0.1, 0.15) is 0 Å². The Hall–Kier alpha value is -4.97. The molecule has 2 aromatic rings. The van der Waals surface area contributed by atoms with Crippen LogP contribution in [0.2, 0.25) is 0 Å². The number of ether oxygens (including phenoxy) is 6. The lowest BCUT2D eigenvalue weighted by Gasteiger charge is -2.36. The maximum absolute atomic E-state index is 13.0. The number of benzene rings is 2. The van der Waals surface area contributed by atoms with Crippen LogP contribution in [0.25, 0.3) is 0 Å². The van der Waals surface area contributed by atoms with Gasteiger partial charge in [-0.25, -0.2) is 0 Å². The molecule has 0 atom stereocenters. The summed E-state index contributed by atoms with van der Waals surface area (Å²) in [6.07, 6.45) is 12.6. The summed E-state index contributed by atoms with van der Waals surface area (Å²) < 4.78 is 32.4. The van der Waals surface area contributed by atoms with Gasteiger partial charge in [0.05, 0.1) is 42.7 Å². The van der Waals surface area contributed by atoms with E-state index < -0.39 is 0 Å². The van der Waals surface area contributed by atoms with E-state index >= 15 is 0 Å². The molecular formula is C44H58ClN3O8. The minimum Gasteiger partial charge on any atom is -0.493 e. The Morgan fingerprint density at radius 2 is 0.982 bits per heavy atom. The molecule has 304 valence electrons. The van der Waals surface area contributed by atoms with E-state index in [0.29, 0.717) is 63.4 Å². The molecular weight excluding hydrogens is 734 g/mol. The molecule has 2 aromatic carbocycles. The molecule has 2 amide bonds. The van der Waals surface area contributed by atoms with Crippen molar-refractivity contribution in [2.75, 3.05) is 89.5 Å². The molecule has 2 fully saturated rings. The molecule has 0 aliphatic carbocycles. The second kappa shape index (κ2) is 23.2. The third-order valence-corrected chi connectivity index (χ3v) is 10.2. The van der Waals surface area contributed by atoms with Crippen LogP contribution in [0.3, 0.4) is 0 Å². The normalized spacial score (nSPS) is 14.8. The molecule has 2 aliphatic rings. The van der Waals surface area contributed by atoms with Crippen molar-refractivity contribution in [3.63, 3.8) is 0 Å². The minimum absolute atomic E-state index is 0. The third kappa shape index (κ3) is 13.1. The smallest absolute Gasteiger partial charge is 0.247 e. The first kappa shape index (κ1) is 45.4. The van der Waals surface area contributed by atoms with E-state index in [4.69, 9.17) is 28.4 Å². The number of likely N-dealkylation sites (tertiary alicyclic amines) is 2. The SMILES string of the molecule is COc1cc(C#C/C=C/C(=O)N2CCC(CC(CC3CCN(C(=O)/C=C/C#Cc4cc(OC)c(OC)c(OC)c4)CC3)CN(C)C)CC2)cc(OC)c1OC.Cl. The highest BCUT2D eigenvalue weighted by Gasteiger charge is 2.28. The van der Waals surface area contributed by atoms with Gasteiger partial charge >= 0.3 is 0 Å². The van der Waals surface area contributed by atoms with Gasteiger partial charge in [0.25, 0.3) is 0 Å². The minimum atomic E-state index is -0.00995. The number of halogens is 1. The molecule has 2 saturated heterocycles. The van der Waals surface area contributed by atoms with Crippen molar-refractivity contribution in [1.82, 2.24) is 14.7 Å². The van der Waals surface area contributed by atoms with Crippen LogP contribution in [0.15, 0.2) is 48.6 Å². The molecule has 0 unspecified atom stereocenters. The highest BCUT2D eigenvalue weighted by atomic mass is 35.5. The average Bonchev–Trinajstić information content (AvgIpc) is 3.20. The molecule has 0 N–H and O–H groups in total. The fraction of sp³-hybridized carbons (Fsp3) is 0.500. The van der Waals surface area contributed by atoms with E-state index in [1.54, 1.807) is 91.2 Å². The molecule has 11 nitrogen and oxygen atoms in total. The zero-order chi connectivity index (χ0) is 39.7. The summed E-state index contributed by atoms with van der Waals surface area (Å²) in [5.41, 5.74) is 1.39. The zero-order valence-electron chi connectivity index (χ0n) is 34.1. The van der Waals surface area contributed by atoms with E-state index in [9.17, 15) is 9.59 Å². The molecule has 0 bridgehead atoms. The van der Waals surface area contributed by atoms with E-state index in [-0.39, 0.29) is 24.2 Å². The van der Waals surface area contributed by atoms with Crippen molar-refractivity contribution in [3.05, 3.63) is 59.7 Å². The van der Waals surface area contributed by atoms with Gasteiger partial charge in [0, 0.05) is 56.0 Å². The fourth-order valence-electron chi connectivity index (χ4n) is 7.48. The summed E-state index contributed by atoms with van der Waals surface area (Å²) >= 11 is 0. The van der Waals surface area contributed by atoms with Crippen molar-refractivity contribution >= 4 is 24.2 Å². The lowest BCUT2D eigenvalue weighted by atomic mass is 9.80. The fourth-order valence-corrected chi connectivity index (χ4v) is 7.48. The van der Waals surface area contributed by atoms with Gasteiger partial charge in [-0.3, -0.25) is 9.59 Å². The van der Waals surface area contributed by atoms with Crippen LogP contribution in [-0.4, -0.2) is 116 Å². The summed E-state index contributed by atoms with van der Waals surface area (Å²) in [6.45, 7) is 4.06. The highest BCUT2D eigenvalue weighted by molar-refractivity contribution is 5.88. The summed E-state index contributed by atoms with van der Waals surface area (Å²) in [7, 11) is 13.7. The molecule has 0 spiro atoms. The van der Waals surface area contributed by atoms with Gasteiger partial charge < -0.3 is 43.1 Å². The van der Waals surface area contributed by atoms with Crippen LogP contribution >= 0.6 is 12.4 Å². The lowest BCUT2D eigenvalue weighted by Crippen LogP contribution is -2.39. The number of hydrogen-bond donors (Lipinski definition) is 0. The van der Waals surface area contributed by atoms with Gasteiger partial charge in [-0.2, -0.15) is 0 Å². The molecule has 0 saturated carbocycles. The topological polar surface area (TPSA) is 99.2 Å². The van der Waals surface area contributed by atoms with Crippen LogP contribution in [0.4, 0.5) is 0 Å². The Bertz CT molecular complexity index is 1610. The molecule has 0 radical (unpaired) electrons. The van der Waals surface area contributed by atoms with Gasteiger partial charge in [0.2, 0.25) is 23.3 Å². The zero-order valence-corrected chi connectivity index (χ0v) is 35.0. The second-order valence-electron chi connectivity index (χ2n) is 14.2. The number of nitrogens with zero attached hydrogens (tertiary/aromatic N) is 3. The van der Waals surface area contributed by atoms with Crippen LogP contribution in [-0.2, 0) is 9.59 Å². The highest BCUT2D eigenvalue weighted by Crippen LogP contribution is 2.39. The first-order valence-electron chi connectivity index (χ1n) is 18.8. The summed E-state index contributed by atoms with van der Waals surface area (Å²) in [6, 6.07) is 7.12. The Morgan fingerprint density at radius 1 is 0.643 bits per heavy atom. The van der Waals surface area contributed by atoms with E-state index in [1.807, 2.05) is 9.80 Å². The van der Waals surface area contributed by atoms with Crippen LogP contribution < -0.4 is 28.4 Å². The third-order valence-electron chi connectivity index (χ3n) is 10.2. The second-order valence-corrected chi connectivity index (χ2v) is 14.2. The lowest BCUT2D eigenvalue weighted by molar-refractivity contribution is -0.128. The first-order chi connectivity index (χ1) is 26.6. The van der Waals surface area contributed by atoms with Crippen LogP contribution in [0, 0.1) is 41.4 Å². The van der Waals surface area contributed by atoms with Crippen LogP contribution in [0.5, 0.6) is 34.5 Å². The molecule has 2 heterocycles. The number of allylic oxidation sites excluding steroid dienone is 2. The predicted molar refractivity (Wildman–Crippen MR) is 221 cm³/mol. The standard InChI is InChI=1S/C44H57N3O8.ClH/c1-45(2)31-36(25-32-17-21-46(22-18-32)41(48)15-11-9-13-34-27-37(50-3)43(54-7)38(28-34)51-4)26-33-19-23-47(24-20-33)42(49)16-12-10-14-35-29-39(52-5)44(55-8)40(30-35)53-6;/h11-12,15-16,27-30,32-33,36H,17-26,31H2,1-8H3;1H/b15-11+,16-12+;. The van der Waals surface area contributed by atoms with Gasteiger partial charge in [-0.1, -0.05) is 23.7 Å². The molecule has 2 aliphatic heterocycles. The number of carbonyl (C=O) groups excluding carboxylic acids is 2. The number of carbonyl (C=O) groups is 2. The Labute approximate surface area is 339 Å². The average molecular weight is 792 g/mol. The quantitative estimate of drug-likeness (QED) is 0.166. The molecule has 4 rings (SSSR count). The Kier molecular flexibility index (Phi) is 18.8. The van der Waals surface area contributed by atoms with Gasteiger partial charge in [-0.05, 0) is 107 Å². The first-order valence-corrected chi connectivity index (χ1v) is 18.8. The van der Waals surface area contributed by atoms with Crippen molar-refractivity contribution in [2.24, 2.45) is 17.8 Å². The predicted octanol–water partition coefficient (Wildman–Crippen LogP) is 6.11. The van der Waals surface area contributed by atoms with E-state index in [0.717, 1.165) is 71.2 Å². The summed E-state index contributed by atoms with van der Waals surface area (Å²) in [5.74, 6) is 16.9. The monoisotopic (exact) mass is 791 g/mol. The molecule has 56 heavy (non-hydrogen) atoms. The van der Waals surface area contributed by atoms with E-state index in [1.165, 1.54) is 0 Å². The molecule has 12 heteroatoms. The van der Waals surface area contributed by atoms with Crippen molar-refractivity contribution in [2.45, 2.75) is 38.5 Å². The number of methoxy groups -OCH3 is 6. The van der Waals surface area contributed by atoms with Gasteiger partial charge in [-0.15, -0.1) is 12.4 Å². The largest absolute Gasteiger partial charge is 0.493 e. The number of amides is 2. The summed E-state index contributed by atoms with van der Waals surface area (Å²) in [4.78, 5) is 32.1. The van der Waals surface area contributed by atoms with Crippen molar-refractivity contribution < 1.29 is 38.0 Å². The van der Waals surface area contributed by atoms with Gasteiger partial charge in [0.15, 0.2) is 23.0 Å². The Balaban J connectivity index is 0.00000841. The Morgan fingerprint density at radius 3 is 1.27 bits per heavy atom. The van der Waals surface area contributed by atoms with Crippen molar-refractivity contribution in [3.8, 4) is 58.2 Å². The number of rotatable bonds is 14. The summed E-state index contributed by atoms with van der Waals surface area (Å²) in [5, 5.41) is 0. The molecule has 0 aromatic heterocycles. The van der Waals surface area contributed by atoms with Crippen LogP contribution in [0.1, 0.15) is 49.7 Å². The maximum Gasteiger partial charge on any atom is 0.247 e. The number of piperidine rings is 2. The van der Waals surface area contributed by atoms with Crippen molar-refractivity contribution in [1.29, 1.82) is 0 Å². The maximum atomic E-state index is 13.0. The number of hydrogen-bond acceptors (Lipinski definition) is 9. The van der Waals surface area contributed by atoms with E-state index in [2.05, 4.69) is 42.7 Å².